The number of hydrogen-bond donors (Lipinski definition) is 1. The van der Waals surface area contributed by atoms with Crippen LogP contribution in [-0.2, 0) is 16.6 Å². The number of nitrogens with zero attached hydrogens (tertiary/aromatic N) is 1. The van der Waals surface area contributed by atoms with Crippen LogP contribution in [0.4, 0.5) is 0 Å². The molecule has 0 aliphatic carbocycles. The van der Waals surface area contributed by atoms with E-state index in [1.165, 1.54) is 4.31 Å². The van der Waals surface area contributed by atoms with Crippen LogP contribution in [0.15, 0.2) is 53.4 Å². The lowest BCUT2D eigenvalue weighted by molar-refractivity contribution is 0.463. The fourth-order valence-electron chi connectivity index (χ4n) is 1.96. The van der Waals surface area contributed by atoms with E-state index in [9.17, 15) is 13.5 Å². The van der Waals surface area contributed by atoms with Gasteiger partial charge in [0, 0.05) is 13.6 Å². The number of phenolic OH excluding ortho intramolecular Hbond substituents is 1. The summed E-state index contributed by atoms with van der Waals surface area (Å²) in [5.41, 5.74) is 1.55. The van der Waals surface area contributed by atoms with E-state index < -0.39 is 10.0 Å². The van der Waals surface area contributed by atoms with Gasteiger partial charge in [-0.05, 0) is 36.2 Å². The zero-order chi connectivity index (χ0) is 14.8. The molecule has 0 saturated heterocycles. The van der Waals surface area contributed by atoms with Crippen LogP contribution in [0.25, 0.3) is 0 Å². The lowest BCUT2D eigenvalue weighted by atomic mass is 10.2. The van der Waals surface area contributed by atoms with E-state index in [0.29, 0.717) is 4.90 Å². The fraction of sp³-hybridized carbons (Fsp3) is 0.200. The molecule has 0 bridgehead atoms. The maximum Gasteiger partial charge on any atom is 0.243 e. The Balaban J connectivity index is 2.26. The summed E-state index contributed by atoms with van der Waals surface area (Å²) in [6.07, 6.45) is 0. The van der Waals surface area contributed by atoms with Crippen molar-refractivity contribution < 1.29 is 13.5 Å². The second kappa shape index (κ2) is 5.64. The maximum absolute atomic E-state index is 12.5. The third kappa shape index (κ3) is 3.00. The first-order valence-corrected chi connectivity index (χ1v) is 7.65. The molecular weight excluding hydrogens is 274 g/mol. The fourth-order valence-corrected chi connectivity index (χ4v) is 3.34. The molecule has 0 aromatic heterocycles. The Morgan fingerprint density at radius 3 is 2.25 bits per heavy atom. The third-order valence-electron chi connectivity index (χ3n) is 3.12. The monoisotopic (exact) mass is 291 g/mol. The first-order chi connectivity index (χ1) is 9.41. The molecule has 0 amide bonds. The van der Waals surface area contributed by atoms with Crippen molar-refractivity contribution in [2.45, 2.75) is 18.4 Å². The summed E-state index contributed by atoms with van der Waals surface area (Å²) in [5.74, 6) is 0.165. The van der Waals surface area contributed by atoms with Crippen LogP contribution in [0, 0.1) is 6.92 Å². The van der Waals surface area contributed by atoms with Gasteiger partial charge < -0.3 is 5.11 Å². The van der Waals surface area contributed by atoms with Crippen LogP contribution in [0.1, 0.15) is 11.1 Å². The van der Waals surface area contributed by atoms with Gasteiger partial charge in [-0.25, -0.2) is 8.42 Å². The van der Waals surface area contributed by atoms with E-state index >= 15 is 0 Å². The van der Waals surface area contributed by atoms with Gasteiger partial charge in [0.15, 0.2) is 0 Å². The van der Waals surface area contributed by atoms with Gasteiger partial charge in [0.1, 0.15) is 5.75 Å². The molecule has 0 atom stereocenters. The standard InChI is InChI=1S/C15H17NO3S/c1-12-5-3-4-6-15(12)20(18,19)16(2)11-13-7-9-14(17)10-8-13/h3-10,17H,11H2,1-2H3. The van der Waals surface area contributed by atoms with Gasteiger partial charge in [-0.15, -0.1) is 0 Å². The number of phenols is 1. The minimum Gasteiger partial charge on any atom is -0.508 e. The Bertz CT molecular complexity index is 693. The van der Waals surface area contributed by atoms with Crippen LogP contribution in [0.5, 0.6) is 5.75 Å². The third-order valence-corrected chi connectivity index (χ3v) is 5.09. The van der Waals surface area contributed by atoms with Crippen molar-refractivity contribution in [1.29, 1.82) is 0 Å². The molecule has 20 heavy (non-hydrogen) atoms. The number of benzene rings is 2. The molecule has 1 N–H and O–H groups in total. The smallest absolute Gasteiger partial charge is 0.243 e. The van der Waals surface area contributed by atoms with Gasteiger partial charge >= 0.3 is 0 Å². The first-order valence-electron chi connectivity index (χ1n) is 6.21. The van der Waals surface area contributed by atoms with Crippen molar-refractivity contribution in [3.05, 3.63) is 59.7 Å². The van der Waals surface area contributed by atoms with E-state index in [4.69, 9.17) is 0 Å². The Morgan fingerprint density at radius 1 is 1.05 bits per heavy atom. The molecule has 0 heterocycles. The summed E-state index contributed by atoms with van der Waals surface area (Å²) in [6, 6.07) is 13.4. The Morgan fingerprint density at radius 2 is 1.65 bits per heavy atom. The minimum atomic E-state index is -3.51. The van der Waals surface area contributed by atoms with E-state index in [1.807, 2.05) is 6.07 Å². The van der Waals surface area contributed by atoms with Crippen LogP contribution < -0.4 is 0 Å². The molecule has 0 radical (unpaired) electrons. The van der Waals surface area contributed by atoms with Crippen molar-refractivity contribution in [2.75, 3.05) is 7.05 Å². The zero-order valence-corrected chi connectivity index (χ0v) is 12.3. The van der Waals surface area contributed by atoms with Gasteiger partial charge in [-0.2, -0.15) is 4.31 Å². The Kier molecular flexibility index (Phi) is 4.11. The minimum absolute atomic E-state index is 0.165. The molecular formula is C15H17NO3S. The van der Waals surface area contributed by atoms with E-state index in [1.54, 1.807) is 56.4 Å². The number of hydrogen-bond acceptors (Lipinski definition) is 3. The highest BCUT2D eigenvalue weighted by atomic mass is 32.2. The number of aromatic hydroxyl groups is 1. The van der Waals surface area contributed by atoms with Crippen LogP contribution in [0.3, 0.4) is 0 Å². The Labute approximate surface area is 119 Å². The lowest BCUT2D eigenvalue weighted by Crippen LogP contribution is -2.27. The highest BCUT2D eigenvalue weighted by Gasteiger charge is 2.22. The molecule has 106 valence electrons. The highest BCUT2D eigenvalue weighted by Crippen LogP contribution is 2.20. The zero-order valence-electron chi connectivity index (χ0n) is 11.4. The predicted molar refractivity (Wildman–Crippen MR) is 77.9 cm³/mol. The summed E-state index contributed by atoms with van der Waals surface area (Å²) >= 11 is 0. The molecule has 0 aliphatic heterocycles. The van der Waals surface area contributed by atoms with Crippen LogP contribution in [0.2, 0.25) is 0 Å². The number of rotatable bonds is 4. The second-order valence-corrected chi connectivity index (χ2v) is 6.71. The summed E-state index contributed by atoms with van der Waals surface area (Å²) in [5, 5.41) is 9.23. The molecule has 0 fully saturated rings. The molecule has 2 aromatic carbocycles. The first kappa shape index (κ1) is 14.6. The van der Waals surface area contributed by atoms with Crippen molar-refractivity contribution in [3.63, 3.8) is 0 Å². The van der Waals surface area contributed by atoms with Gasteiger partial charge in [0.2, 0.25) is 10.0 Å². The van der Waals surface area contributed by atoms with E-state index in [2.05, 4.69) is 0 Å². The number of sulfonamides is 1. The summed E-state index contributed by atoms with van der Waals surface area (Å²) < 4.78 is 26.3. The van der Waals surface area contributed by atoms with Crippen LogP contribution in [-0.4, -0.2) is 24.9 Å². The summed E-state index contributed by atoms with van der Waals surface area (Å²) in [7, 11) is -1.96. The SMILES string of the molecule is Cc1ccccc1S(=O)(=O)N(C)Cc1ccc(O)cc1. The van der Waals surface area contributed by atoms with Gasteiger partial charge in [-0.3, -0.25) is 0 Å². The quantitative estimate of drug-likeness (QED) is 0.941. The van der Waals surface area contributed by atoms with Crippen molar-refractivity contribution >= 4 is 10.0 Å². The van der Waals surface area contributed by atoms with Crippen molar-refractivity contribution in [1.82, 2.24) is 4.31 Å². The van der Waals surface area contributed by atoms with Gasteiger partial charge in [0.25, 0.3) is 0 Å². The van der Waals surface area contributed by atoms with Gasteiger partial charge in [0.05, 0.1) is 4.90 Å². The largest absolute Gasteiger partial charge is 0.508 e. The van der Waals surface area contributed by atoms with Gasteiger partial charge in [-0.1, -0.05) is 30.3 Å². The average Bonchev–Trinajstić information content (AvgIpc) is 2.41. The molecule has 0 aliphatic rings. The molecule has 4 nitrogen and oxygen atoms in total. The molecule has 0 saturated carbocycles. The summed E-state index contributed by atoms with van der Waals surface area (Å²) in [4.78, 5) is 0.321. The predicted octanol–water partition coefficient (Wildman–Crippen LogP) is 2.52. The van der Waals surface area contributed by atoms with Crippen molar-refractivity contribution in [3.8, 4) is 5.75 Å². The second-order valence-electron chi connectivity index (χ2n) is 4.69. The molecule has 0 unspecified atom stereocenters. The van der Waals surface area contributed by atoms with Crippen molar-refractivity contribution in [2.24, 2.45) is 0 Å². The molecule has 2 aromatic rings. The Hall–Kier alpha value is -1.85. The van der Waals surface area contributed by atoms with Crippen LogP contribution >= 0.6 is 0 Å². The normalized spacial score (nSPS) is 11.8. The lowest BCUT2D eigenvalue weighted by Gasteiger charge is -2.18. The molecule has 2 rings (SSSR count). The van der Waals surface area contributed by atoms with E-state index in [-0.39, 0.29) is 12.3 Å². The molecule has 5 heteroatoms. The maximum atomic E-state index is 12.5. The summed E-state index contributed by atoms with van der Waals surface area (Å²) in [6.45, 7) is 2.04. The van der Waals surface area contributed by atoms with E-state index in [0.717, 1.165) is 11.1 Å². The topological polar surface area (TPSA) is 57.6 Å². The highest BCUT2D eigenvalue weighted by molar-refractivity contribution is 7.89. The number of aryl methyl sites for hydroxylation is 1. The molecule has 0 spiro atoms. The average molecular weight is 291 g/mol.